The number of carbonyl (C=O) groups excluding carboxylic acids is 1. The number of hydrogen-bond acceptors (Lipinski definition) is 4. The lowest BCUT2D eigenvalue weighted by molar-refractivity contribution is 0.0640. The standard InChI is InChI=1S/C15H22N2O3/c1-4-16-7-9-17(10-8-16)15(18)13-11-12(19-2)5-6-14(13)20-3/h5-6,11H,4,7-10H2,1-3H3. The van der Waals surface area contributed by atoms with Crippen LogP contribution in [0.15, 0.2) is 18.2 Å². The molecule has 0 radical (unpaired) electrons. The highest BCUT2D eigenvalue weighted by Gasteiger charge is 2.24. The zero-order chi connectivity index (χ0) is 14.5. The molecule has 1 heterocycles. The average molecular weight is 278 g/mol. The highest BCUT2D eigenvalue weighted by Crippen LogP contribution is 2.25. The molecule has 1 fully saturated rings. The molecular weight excluding hydrogens is 256 g/mol. The molecule has 0 spiro atoms. The Morgan fingerprint density at radius 2 is 1.85 bits per heavy atom. The summed E-state index contributed by atoms with van der Waals surface area (Å²) in [5.41, 5.74) is 0.566. The Morgan fingerprint density at radius 3 is 2.40 bits per heavy atom. The Labute approximate surface area is 120 Å². The number of amides is 1. The third-order valence-electron chi connectivity index (χ3n) is 3.74. The summed E-state index contributed by atoms with van der Waals surface area (Å²) < 4.78 is 10.5. The van der Waals surface area contributed by atoms with E-state index in [9.17, 15) is 4.79 Å². The van der Waals surface area contributed by atoms with E-state index >= 15 is 0 Å². The number of piperazine rings is 1. The highest BCUT2D eigenvalue weighted by atomic mass is 16.5. The molecule has 5 heteroatoms. The number of likely N-dealkylation sites (N-methyl/N-ethyl adjacent to an activating group) is 1. The highest BCUT2D eigenvalue weighted by molar-refractivity contribution is 5.97. The van der Waals surface area contributed by atoms with Crippen molar-refractivity contribution in [3.05, 3.63) is 23.8 Å². The van der Waals surface area contributed by atoms with E-state index in [1.807, 2.05) is 4.90 Å². The second kappa shape index (κ2) is 6.61. The van der Waals surface area contributed by atoms with Gasteiger partial charge in [0, 0.05) is 26.2 Å². The van der Waals surface area contributed by atoms with Crippen molar-refractivity contribution in [2.45, 2.75) is 6.92 Å². The smallest absolute Gasteiger partial charge is 0.257 e. The van der Waals surface area contributed by atoms with Crippen molar-refractivity contribution in [3.63, 3.8) is 0 Å². The Balaban J connectivity index is 2.16. The van der Waals surface area contributed by atoms with Crippen molar-refractivity contribution >= 4 is 5.91 Å². The fourth-order valence-electron chi connectivity index (χ4n) is 2.42. The third-order valence-corrected chi connectivity index (χ3v) is 3.74. The first-order valence-corrected chi connectivity index (χ1v) is 6.93. The zero-order valence-corrected chi connectivity index (χ0v) is 12.4. The molecule has 0 saturated carbocycles. The normalized spacial score (nSPS) is 16.1. The van der Waals surface area contributed by atoms with Crippen molar-refractivity contribution in [1.82, 2.24) is 9.80 Å². The largest absolute Gasteiger partial charge is 0.497 e. The van der Waals surface area contributed by atoms with Gasteiger partial charge in [-0.2, -0.15) is 0 Å². The van der Waals surface area contributed by atoms with Gasteiger partial charge < -0.3 is 19.3 Å². The minimum atomic E-state index is 0.0107. The maximum atomic E-state index is 12.6. The van der Waals surface area contributed by atoms with Crippen LogP contribution in [0.3, 0.4) is 0 Å². The van der Waals surface area contributed by atoms with E-state index < -0.39 is 0 Å². The van der Waals surface area contributed by atoms with Gasteiger partial charge in [0.25, 0.3) is 5.91 Å². The van der Waals surface area contributed by atoms with Crippen LogP contribution in [0.1, 0.15) is 17.3 Å². The van der Waals surface area contributed by atoms with Crippen LogP contribution in [-0.2, 0) is 0 Å². The Morgan fingerprint density at radius 1 is 1.15 bits per heavy atom. The SMILES string of the molecule is CCN1CCN(C(=O)c2cc(OC)ccc2OC)CC1. The molecule has 1 aromatic rings. The first kappa shape index (κ1) is 14.7. The lowest BCUT2D eigenvalue weighted by Gasteiger charge is -2.34. The van der Waals surface area contributed by atoms with Crippen LogP contribution in [0, 0.1) is 0 Å². The summed E-state index contributed by atoms with van der Waals surface area (Å²) in [6.45, 7) is 6.54. The lowest BCUT2D eigenvalue weighted by atomic mass is 10.1. The van der Waals surface area contributed by atoms with Gasteiger partial charge in [-0.05, 0) is 24.7 Å². The van der Waals surface area contributed by atoms with Crippen molar-refractivity contribution in [1.29, 1.82) is 0 Å². The molecule has 1 saturated heterocycles. The topological polar surface area (TPSA) is 42.0 Å². The van der Waals surface area contributed by atoms with Gasteiger partial charge in [-0.15, -0.1) is 0 Å². The fraction of sp³-hybridized carbons (Fsp3) is 0.533. The van der Waals surface area contributed by atoms with Crippen LogP contribution in [0.5, 0.6) is 11.5 Å². The van der Waals surface area contributed by atoms with Gasteiger partial charge in [-0.3, -0.25) is 4.79 Å². The molecule has 0 aliphatic carbocycles. The summed E-state index contributed by atoms with van der Waals surface area (Å²) in [6, 6.07) is 5.31. The van der Waals surface area contributed by atoms with Gasteiger partial charge in [0.2, 0.25) is 0 Å². The van der Waals surface area contributed by atoms with Gasteiger partial charge in [-0.25, -0.2) is 0 Å². The molecule has 1 aliphatic heterocycles. The summed E-state index contributed by atoms with van der Waals surface area (Å²) in [5.74, 6) is 1.27. The van der Waals surface area contributed by atoms with E-state index in [4.69, 9.17) is 9.47 Å². The monoisotopic (exact) mass is 278 g/mol. The molecule has 0 bridgehead atoms. The predicted octanol–water partition coefficient (Wildman–Crippen LogP) is 1.48. The third kappa shape index (κ3) is 3.04. The van der Waals surface area contributed by atoms with E-state index in [-0.39, 0.29) is 5.91 Å². The minimum absolute atomic E-state index is 0.0107. The number of ether oxygens (including phenoxy) is 2. The van der Waals surface area contributed by atoms with Gasteiger partial charge in [0.15, 0.2) is 0 Å². The fourth-order valence-corrected chi connectivity index (χ4v) is 2.42. The second-order valence-corrected chi connectivity index (χ2v) is 4.79. The summed E-state index contributed by atoms with van der Waals surface area (Å²) in [4.78, 5) is 16.8. The maximum Gasteiger partial charge on any atom is 0.257 e. The first-order chi connectivity index (χ1) is 9.69. The molecule has 2 rings (SSSR count). The molecule has 20 heavy (non-hydrogen) atoms. The molecule has 1 aliphatic rings. The summed E-state index contributed by atoms with van der Waals surface area (Å²) in [6.07, 6.45) is 0. The number of hydrogen-bond donors (Lipinski definition) is 0. The molecule has 1 amide bonds. The van der Waals surface area contributed by atoms with Gasteiger partial charge >= 0.3 is 0 Å². The molecule has 110 valence electrons. The Hall–Kier alpha value is -1.75. The number of benzene rings is 1. The quantitative estimate of drug-likeness (QED) is 0.836. The molecule has 1 aromatic carbocycles. The van der Waals surface area contributed by atoms with Crippen LogP contribution in [0.25, 0.3) is 0 Å². The van der Waals surface area contributed by atoms with Crippen molar-refractivity contribution in [2.24, 2.45) is 0 Å². The average Bonchev–Trinajstić information content (AvgIpc) is 2.53. The minimum Gasteiger partial charge on any atom is -0.497 e. The number of methoxy groups -OCH3 is 2. The number of carbonyl (C=O) groups is 1. The molecule has 5 nitrogen and oxygen atoms in total. The zero-order valence-electron chi connectivity index (χ0n) is 12.4. The lowest BCUT2D eigenvalue weighted by Crippen LogP contribution is -2.48. The molecular formula is C15H22N2O3. The Kier molecular flexibility index (Phi) is 4.84. The summed E-state index contributed by atoms with van der Waals surface area (Å²) in [7, 11) is 3.17. The van der Waals surface area contributed by atoms with Crippen LogP contribution in [0.2, 0.25) is 0 Å². The molecule has 0 atom stereocenters. The van der Waals surface area contributed by atoms with Gasteiger partial charge in [-0.1, -0.05) is 6.92 Å². The van der Waals surface area contributed by atoms with Crippen molar-refractivity contribution < 1.29 is 14.3 Å². The Bertz CT molecular complexity index is 468. The first-order valence-electron chi connectivity index (χ1n) is 6.93. The van der Waals surface area contributed by atoms with Crippen molar-refractivity contribution in [3.8, 4) is 11.5 Å². The van der Waals surface area contributed by atoms with E-state index in [2.05, 4.69) is 11.8 Å². The van der Waals surface area contributed by atoms with Crippen LogP contribution < -0.4 is 9.47 Å². The van der Waals surface area contributed by atoms with Crippen LogP contribution in [-0.4, -0.2) is 62.7 Å². The molecule has 0 N–H and O–H groups in total. The van der Waals surface area contributed by atoms with Gasteiger partial charge in [0.1, 0.15) is 11.5 Å². The van der Waals surface area contributed by atoms with Crippen LogP contribution >= 0.6 is 0 Å². The van der Waals surface area contributed by atoms with E-state index in [1.54, 1.807) is 32.4 Å². The summed E-state index contributed by atoms with van der Waals surface area (Å²) >= 11 is 0. The van der Waals surface area contributed by atoms with Crippen molar-refractivity contribution in [2.75, 3.05) is 46.9 Å². The molecule has 0 aromatic heterocycles. The number of nitrogens with zero attached hydrogens (tertiary/aromatic N) is 2. The van der Waals surface area contributed by atoms with E-state index in [0.717, 1.165) is 32.7 Å². The predicted molar refractivity (Wildman–Crippen MR) is 77.6 cm³/mol. The second-order valence-electron chi connectivity index (χ2n) is 4.79. The van der Waals surface area contributed by atoms with Crippen LogP contribution in [0.4, 0.5) is 0 Å². The van der Waals surface area contributed by atoms with E-state index in [0.29, 0.717) is 17.1 Å². The molecule has 0 unspecified atom stereocenters. The summed E-state index contributed by atoms with van der Waals surface area (Å²) in [5, 5.41) is 0. The van der Waals surface area contributed by atoms with Gasteiger partial charge in [0.05, 0.1) is 19.8 Å². The number of rotatable bonds is 4. The van der Waals surface area contributed by atoms with E-state index in [1.165, 1.54) is 0 Å². The maximum absolute atomic E-state index is 12.6.